The van der Waals surface area contributed by atoms with E-state index < -0.39 is 0 Å². The topological polar surface area (TPSA) is 48.1 Å². The van der Waals surface area contributed by atoms with Crippen molar-refractivity contribution in [3.8, 4) is 5.75 Å². The van der Waals surface area contributed by atoms with Crippen molar-refractivity contribution in [2.24, 2.45) is 0 Å². The zero-order chi connectivity index (χ0) is 12.0. The van der Waals surface area contributed by atoms with Crippen molar-refractivity contribution >= 4 is 28.2 Å². The third-order valence-electron chi connectivity index (χ3n) is 3.33. The van der Waals surface area contributed by atoms with E-state index in [9.17, 15) is 0 Å². The highest BCUT2D eigenvalue weighted by Crippen LogP contribution is 2.36. The Hall–Kier alpha value is -1.48. The van der Waals surface area contributed by atoms with Gasteiger partial charge in [-0.15, -0.1) is 0 Å². The Kier molecular flexibility index (Phi) is 2.37. The molecule has 0 saturated carbocycles. The molecule has 0 fully saturated rings. The second kappa shape index (κ2) is 3.77. The van der Waals surface area contributed by atoms with Crippen LogP contribution in [-0.2, 0) is 12.8 Å². The summed E-state index contributed by atoms with van der Waals surface area (Å²) in [5.74, 6) is 0.643. The molecule has 1 aliphatic rings. The summed E-state index contributed by atoms with van der Waals surface area (Å²) < 4.78 is 5.20. The van der Waals surface area contributed by atoms with Crippen LogP contribution in [0.1, 0.15) is 17.7 Å². The summed E-state index contributed by atoms with van der Waals surface area (Å²) in [5.41, 5.74) is 10.2. The van der Waals surface area contributed by atoms with Crippen LogP contribution in [0.4, 0.5) is 5.69 Å². The van der Waals surface area contributed by atoms with Crippen LogP contribution >= 0.6 is 11.6 Å². The van der Waals surface area contributed by atoms with E-state index in [0.717, 1.165) is 41.5 Å². The Balaban J connectivity index is 2.35. The third-order valence-corrected chi connectivity index (χ3v) is 3.62. The number of fused-ring (bicyclic) bond motifs is 2. The molecule has 0 unspecified atom stereocenters. The molecule has 0 radical (unpaired) electrons. The molecule has 2 aromatic rings. The molecule has 0 amide bonds. The molecule has 1 aliphatic carbocycles. The number of nitrogens with zero attached hydrogens (tertiary/aromatic N) is 1. The number of aromatic nitrogens is 1. The van der Waals surface area contributed by atoms with Crippen LogP contribution in [0.5, 0.6) is 5.75 Å². The van der Waals surface area contributed by atoms with Gasteiger partial charge in [0, 0.05) is 22.8 Å². The largest absolute Gasteiger partial charge is 0.495 e. The lowest BCUT2D eigenvalue weighted by molar-refractivity contribution is 0.415. The number of nitrogen functional groups attached to an aromatic ring is 1. The molecule has 0 bridgehead atoms. The molecular weight excluding hydrogens is 236 g/mol. The van der Waals surface area contributed by atoms with Gasteiger partial charge in [0.2, 0.25) is 0 Å². The number of nitrogens with two attached hydrogens (primary N) is 1. The van der Waals surface area contributed by atoms with Crippen molar-refractivity contribution in [2.45, 2.75) is 19.3 Å². The quantitative estimate of drug-likeness (QED) is 0.844. The van der Waals surface area contributed by atoms with Gasteiger partial charge in [0.25, 0.3) is 0 Å². The number of aryl methyl sites for hydroxylation is 1. The summed E-state index contributed by atoms with van der Waals surface area (Å²) in [5, 5.41) is 1.50. The van der Waals surface area contributed by atoms with Gasteiger partial charge in [-0.2, -0.15) is 0 Å². The molecule has 88 valence electrons. The second-order valence-corrected chi connectivity index (χ2v) is 4.72. The number of ether oxygens (including phenoxy) is 1. The van der Waals surface area contributed by atoms with Gasteiger partial charge in [0.1, 0.15) is 5.75 Å². The van der Waals surface area contributed by atoms with Crippen LogP contribution in [0, 0.1) is 0 Å². The van der Waals surface area contributed by atoms with Crippen LogP contribution in [-0.4, -0.2) is 12.1 Å². The van der Waals surface area contributed by atoms with Crippen molar-refractivity contribution in [3.05, 3.63) is 28.4 Å². The number of anilines is 1. The molecule has 2 N–H and O–H groups in total. The minimum Gasteiger partial charge on any atom is -0.495 e. The fraction of sp³-hybridized carbons (Fsp3) is 0.308. The maximum absolute atomic E-state index is 6.19. The van der Waals surface area contributed by atoms with Crippen LogP contribution < -0.4 is 10.5 Å². The number of pyridine rings is 1. The molecule has 0 spiro atoms. The van der Waals surface area contributed by atoms with E-state index in [0.29, 0.717) is 10.8 Å². The molecule has 1 heterocycles. The fourth-order valence-corrected chi connectivity index (χ4v) is 2.70. The predicted octanol–water partition coefficient (Wildman–Crippen LogP) is 2.97. The van der Waals surface area contributed by atoms with E-state index in [2.05, 4.69) is 4.98 Å². The summed E-state index contributed by atoms with van der Waals surface area (Å²) in [7, 11) is 1.60. The molecular formula is C13H13ClN2O. The van der Waals surface area contributed by atoms with Crippen molar-refractivity contribution in [3.63, 3.8) is 0 Å². The standard InChI is InChI=1S/C13H13ClN2O/c1-17-12-6-11-8(5-9(12)14)13(15)7-3-2-4-10(7)16-11/h5-6H,2-4H2,1H3,(H2,15,16). The minimum absolute atomic E-state index is 0.575. The van der Waals surface area contributed by atoms with Gasteiger partial charge in [-0.3, -0.25) is 4.98 Å². The van der Waals surface area contributed by atoms with Gasteiger partial charge >= 0.3 is 0 Å². The summed E-state index contributed by atoms with van der Waals surface area (Å²) in [6.07, 6.45) is 3.17. The van der Waals surface area contributed by atoms with Gasteiger partial charge in [0.15, 0.2) is 0 Å². The van der Waals surface area contributed by atoms with Gasteiger partial charge in [-0.1, -0.05) is 11.6 Å². The van der Waals surface area contributed by atoms with Crippen LogP contribution in [0.25, 0.3) is 10.9 Å². The molecule has 3 rings (SSSR count). The van der Waals surface area contributed by atoms with Gasteiger partial charge < -0.3 is 10.5 Å². The van der Waals surface area contributed by atoms with Crippen LogP contribution in [0.3, 0.4) is 0 Å². The van der Waals surface area contributed by atoms with E-state index in [1.807, 2.05) is 12.1 Å². The van der Waals surface area contributed by atoms with E-state index in [4.69, 9.17) is 22.1 Å². The SMILES string of the molecule is COc1cc2nc3c(c(N)c2cc1Cl)CCC3. The Morgan fingerprint density at radius 2 is 2.18 bits per heavy atom. The lowest BCUT2D eigenvalue weighted by Gasteiger charge is -2.10. The highest BCUT2D eigenvalue weighted by Gasteiger charge is 2.18. The first-order chi connectivity index (χ1) is 8.20. The molecule has 0 atom stereocenters. The fourth-order valence-electron chi connectivity index (χ4n) is 2.46. The Morgan fingerprint density at radius 1 is 1.35 bits per heavy atom. The van der Waals surface area contributed by atoms with Gasteiger partial charge in [-0.25, -0.2) is 0 Å². The number of hydrogen-bond donors (Lipinski definition) is 1. The normalized spacial score (nSPS) is 14.0. The van der Waals surface area contributed by atoms with Crippen molar-refractivity contribution < 1.29 is 4.74 Å². The van der Waals surface area contributed by atoms with Gasteiger partial charge in [0.05, 0.1) is 17.6 Å². The van der Waals surface area contributed by atoms with Gasteiger partial charge in [-0.05, 0) is 30.9 Å². The zero-order valence-electron chi connectivity index (χ0n) is 9.59. The number of hydrogen-bond acceptors (Lipinski definition) is 3. The van der Waals surface area contributed by atoms with Crippen LogP contribution in [0.15, 0.2) is 12.1 Å². The minimum atomic E-state index is 0.575. The second-order valence-electron chi connectivity index (χ2n) is 4.31. The van der Waals surface area contributed by atoms with Crippen LogP contribution in [0.2, 0.25) is 5.02 Å². The molecule has 0 saturated heterocycles. The average Bonchev–Trinajstić information content (AvgIpc) is 2.78. The van der Waals surface area contributed by atoms with Crippen molar-refractivity contribution in [1.82, 2.24) is 4.98 Å². The van der Waals surface area contributed by atoms with E-state index in [1.54, 1.807) is 7.11 Å². The maximum Gasteiger partial charge on any atom is 0.139 e. The lowest BCUT2D eigenvalue weighted by Crippen LogP contribution is -1.99. The smallest absolute Gasteiger partial charge is 0.139 e. The summed E-state index contributed by atoms with van der Waals surface area (Å²) >= 11 is 6.12. The lowest BCUT2D eigenvalue weighted by atomic mass is 10.1. The number of benzene rings is 1. The molecule has 1 aromatic heterocycles. The Morgan fingerprint density at radius 3 is 2.94 bits per heavy atom. The first kappa shape index (κ1) is 10.7. The molecule has 17 heavy (non-hydrogen) atoms. The average molecular weight is 249 g/mol. The highest BCUT2D eigenvalue weighted by atomic mass is 35.5. The molecule has 1 aromatic carbocycles. The van der Waals surface area contributed by atoms with E-state index >= 15 is 0 Å². The van der Waals surface area contributed by atoms with E-state index in [-0.39, 0.29) is 0 Å². The Labute approximate surface area is 105 Å². The summed E-state index contributed by atoms with van der Waals surface area (Å²) in [6, 6.07) is 3.70. The van der Waals surface area contributed by atoms with E-state index in [1.165, 1.54) is 5.56 Å². The summed E-state index contributed by atoms with van der Waals surface area (Å²) in [6.45, 7) is 0. The number of halogens is 1. The highest BCUT2D eigenvalue weighted by molar-refractivity contribution is 6.33. The third kappa shape index (κ3) is 1.53. The maximum atomic E-state index is 6.19. The predicted molar refractivity (Wildman–Crippen MR) is 69.7 cm³/mol. The molecule has 3 nitrogen and oxygen atoms in total. The first-order valence-corrected chi connectivity index (χ1v) is 6.03. The number of methoxy groups -OCH3 is 1. The monoisotopic (exact) mass is 248 g/mol. The Bertz CT molecular complexity index is 605. The first-order valence-electron chi connectivity index (χ1n) is 5.65. The zero-order valence-corrected chi connectivity index (χ0v) is 10.3. The summed E-state index contributed by atoms with van der Waals surface area (Å²) in [4.78, 5) is 4.65. The molecule has 0 aliphatic heterocycles. The number of rotatable bonds is 1. The molecule has 4 heteroatoms. The van der Waals surface area contributed by atoms with Crippen molar-refractivity contribution in [1.29, 1.82) is 0 Å². The van der Waals surface area contributed by atoms with Crippen molar-refractivity contribution in [2.75, 3.05) is 12.8 Å².